The van der Waals surface area contributed by atoms with Gasteiger partial charge in [-0.3, -0.25) is 0 Å². The Bertz CT molecular complexity index is 816. The van der Waals surface area contributed by atoms with Crippen molar-refractivity contribution < 1.29 is 13.9 Å². The van der Waals surface area contributed by atoms with Crippen LogP contribution >= 0.6 is 0 Å². The molecule has 0 spiro atoms. The molecule has 0 fully saturated rings. The zero-order chi connectivity index (χ0) is 16.4. The Labute approximate surface area is 136 Å². The van der Waals surface area contributed by atoms with Crippen LogP contribution in [0.3, 0.4) is 0 Å². The minimum atomic E-state index is 0.694. The first-order valence-electron chi connectivity index (χ1n) is 7.53. The number of hydrogen-bond acceptors (Lipinski definition) is 3. The third-order valence-electron chi connectivity index (χ3n) is 4.13. The zero-order valence-corrected chi connectivity index (χ0v) is 13.8. The van der Waals surface area contributed by atoms with Crippen molar-refractivity contribution in [3.63, 3.8) is 0 Å². The summed E-state index contributed by atoms with van der Waals surface area (Å²) >= 11 is 0. The largest absolute Gasteiger partial charge is 0.493 e. The molecular weight excluding hydrogens is 288 g/mol. The number of hydrogen-bond donors (Lipinski definition) is 0. The Morgan fingerprint density at radius 2 is 1.30 bits per heavy atom. The van der Waals surface area contributed by atoms with E-state index in [0.717, 1.165) is 33.8 Å². The molecule has 0 aliphatic carbocycles. The van der Waals surface area contributed by atoms with Crippen molar-refractivity contribution in [1.29, 1.82) is 0 Å². The molecule has 0 amide bonds. The molecular formula is C20H20O3. The Morgan fingerprint density at radius 3 is 1.91 bits per heavy atom. The van der Waals surface area contributed by atoms with Gasteiger partial charge in [0.2, 0.25) is 0 Å². The lowest BCUT2D eigenvalue weighted by Crippen LogP contribution is -1.90. The van der Waals surface area contributed by atoms with E-state index in [-0.39, 0.29) is 0 Å². The highest BCUT2D eigenvalue weighted by Crippen LogP contribution is 2.39. The molecule has 3 heteroatoms. The molecule has 3 aromatic rings. The van der Waals surface area contributed by atoms with Crippen LogP contribution in [-0.4, -0.2) is 14.2 Å². The third kappa shape index (κ3) is 2.70. The average molecular weight is 308 g/mol. The molecule has 2 aromatic carbocycles. The van der Waals surface area contributed by atoms with Crippen molar-refractivity contribution in [2.24, 2.45) is 0 Å². The first kappa shape index (κ1) is 15.2. The number of furan rings is 1. The van der Waals surface area contributed by atoms with Crippen LogP contribution in [0.15, 0.2) is 52.9 Å². The minimum absolute atomic E-state index is 0.694. The summed E-state index contributed by atoms with van der Waals surface area (Å²) in [6, 6.07) is 16.0. The fourth-order valence-corrected chi connectivity index (χ4v) is 2.71. The van der Waals surface area contributed by atoms with Crippen LogP contribution in [0.5, 0.6) is 11.5 Å². The van der Waals surface area contributed by atoms with Gasteiger partial charge in [0.25, 0.3) is 0 Å². The highest BCUT2D eigenvalue weighted by atomic mass is 16.5. The molecule has 0 radical (unpaired) electrons. The normalized spacial score (nSPS) is 10.6. The molecule has 0 aliphatic heterocycles. The molecule has 0 N–H and O–H groups in total. The summed E-state index contributed by atoms with van der Waals surface area (Å²) < 4.78 is 16.9. The van der Waals surface area contributed by atoms with Crippen molar-refractivity contribution in [2.45, 2.75) is 13.8 Å². The summed E-state index contributed by atoms with van der Waals surface area (Å²) in [5.41, 5.74) is 4.35. The highest BCUT2D eigenvalue weighted by Gasteiger charge is 2.17. The topological polar surface area (TPSA) is 31.6 Å². The highest BCUT2D eigenvalue weighted by molar-refractivity contribution is 5.73. The van der Waals surface area contributed by atoms with E-state index in [1.165, 1.54) is 0 Å². The smallest absolute Gasteiger partial charge is 0.161 e. The summed E-state index contributed by atoms with van der Waals surface area (Å²) in [5, 5.41) is 0. The lowest BCUT2D eigenvalue weighted by molar-refractivity contribution is 0.355. The van der Waals surface area contributed by atoms with Crippen molar-refractivity contribution in [3.8, 4) is 34.1 Å². The molecule has 1 aromatic heterocycles. The lowest BCUT2D eigenvalue weighted by atomic mass is 10.0. The number of benzene rings is 2. The second-order valence-corrected chi connectivity index (χ2v) is 5.45. The fraction of sp³-hybridized carbons (Fsp3) is 0.200. The maximum atomic E-state index is 6.19. The van der Waals surface area contributed by atoms with Crippen LogP contribution in [0.25, 0.3) is 22.6 Å². The van der Waals surface area contributed by atoms with E-state index in [0.29, 0.717) is 11.5 Å². The molecule has 1 heterocycles. The zero-order valence-electron chi connectivity index (χ0n) is 13.8. The van der Waals surface area contributed by atoms with Gasteiger partial charge in [0, 0.05) is 11.1 Å². The monoisotopic (exact) mass is 308 g/mol. The van der Waals surface area contributed by atoms with E-state index in [1.807, 2.05) is 36.4 Å². The van der Waals surface area contributed by atoms with Gasteiger partial charge in [0.15, 0.2) is 11.5 Å². The first-order valence-corrected chi connectivity index (χ1v) is 7.53. The molecule has 0 bridgehead atoms. The Hall–Kier alpha value is -2.68. The summed E-state index contributed by atoms with van der Waals surface area (Å²) in [7, 11) is 3.27. The van der Waals surface area contributed by atoms with Crippen molar-refractivity contribution in [1.82, 2.24) is 0 Å². The van der Waals surface area contributed by atoms with E-state index in [4.69, 9.17) is 13.9 Å². The van der Waals surface area contributed by atoms with E-state index >= 15 is 0 Å². The van der Waals surface area contributed by atoms with Gasteiger partial charge in [-0.05, 0) is 43.2 Å². The van der Waals surface area contributed by atoms with E-state index in [9.17, 15) is 0 Å². The van der Waals surface area contributed by atoms with E-state index < -0.39 is 0 Å². The first-order chi connectivity index (χ1) is 11.2. The van der Waals surface area contributed by atoms with Gasteiger partial charge in [0.05, 0.1) is 14.2 Å². The SMILES string of the molecule is COc1ccc(-c2oc(-c3ccccc3)c(C)c2C)cc1OC. The summed E-state index contributed by atoms with van der Waals surface area (Å²) in [6.07, 6.45) is 0. The summed E-state index contributed by atoms with van der Waals surface area (Å²) in [6.45, 7) is 4.17. The summed E-state index contributed by atoms with van der Waals surface area (Å²) in [5.74, 6) is 3.18. The Kier molecular flexibility index (Phi) is 4.11. The Morgan fingerprint density at radius 1 is 0.696 bits per heavy atom. The van der Waals surface area contributed by atoms with Crippen LogP contribution in [0, 0.1) is 13.8 Å². The molecule has 3 nitrogen and oxygen atoms in total. The molecule has 23 heavy (non-hydrogen) atoms. The van der Waals surface area contributed by atoms with E-state index in [2.05, 4.69) is 26.0 Å². The van der Waals surface area contributed by atoms with Gasteiger partial charge in [0.1, 0.15) is 11.5 Å². The predicted molar refractivity (Wildman–Crippen MR) is 92.2 cm³/mol. The standard InChI is InChI=1S/C20H20O3/c1-13-14(2)20(23-19(13)15-8-6-5-7-9-15)16-10-11-17(21-3)18(12-16)22-4/h5-12H,1-4H3. The minimum Gasteiger partial charge on any atom is -0.493 e. The fourth-order valence-electron chi connectivity index (χ4n) is 2.71. The summed E-state index contributed by atoms with van der Waals surface area (Å²) in [4.78, 5) is 0. The predicted octanol–water partition coefficient (Wildman–Crippen LogP) is 5.25. The average Bonchev–Trinajstić information content (AvgIpc) is 2.90. The van der Waals surface area contributed by atoms with Crippen molar-refractivity contribution in [2.75, 3.05) is 14.2 Å². The number of ether oxygens (including phenoxy) is 2. The van der Waals surface area contributed by atoms with E-state index in [1.54, 1.807) is 14.2 Å². The van der Waals surface area contributed by atoms with Crippen LogP contribution in [0.1, 0.15) is 11.1 Å². The molecule has 0 saturated carbocycles. The molecule has 0 saturated heterocycles. The van der Waals surface area contributed by atoms with Crippen LogP contribution in [0.2, 0.25) is 0 Å². The molecule has 0 unspecified atom stereocenters. The van der Waals surface area contributed by atoms with Gasteiger partial charge < -0.3 is 13.9 Å². The quantitative estimate of drug-likeness (QED) is 0.660. The Balaban J connectivity index is 2.11. The number of methoxy groups -OCH3 is 2. The maximum Gasteiger partial charge on any atom is 0.161 e. The molecule has 3 rings (SSSR count). The van der Waals surface area contributed by atoms with Crippen molar-refractivity contribution >= 4 is 0 Å². The molecule has 0 atom stereocenters. The lowest BCUT2D eigenvalue weighted by Gasteiger charge is -2.08. The van der Waals surface area contributed by atoms with Gasteiger partial charge in [-0.2, -0.15) is 0 Å². The van der Waals surface area contributed by atoms with Crippen LogP contribution < -0.4 is 9.47 Å². The number of rotatable bonds is 4. The van der Waals surface area contributed by atoms with Gasteiger partial charge in [-0.15, -0.1) is 0 Å². The third-order valence-corrected chi connectivity index (χ3v) is 4.13. The maximum absolute atomic E-state index is 6.19. The van der Waals surface area contributed by atoms with Gasteiger partial charge in [-0.1, -0.05) is 30.3 Å². The molecule has 0 aliphatic rings. The van der Waals surface area contributed by atoms with Crippen molar-refractivity contribution in [3.05, 3.63) is 59.7 Å². The van der Waals surface area contributed by atoms with Crippen LogP contribution in [0.4, 0.5) is 0 Å². The van der Waals surface area contributed by atoms with Gasteiger partial charge >= 0.3 is 0 Å². The molecule has 118 valence electrons. The van der Waals surface area contributed by atoms with Crippen LogP contribution in [-0.2, 0) is 0 Å². The second kappa shape index (κ2) is 6.21. The van der Waals surface area contributed by atoms with Gasteiger partial charge in [-0.25, -0.2) is 0 Å². The second-order valence-electron chi connectivity index (χ2n) is 5.45.